The zero-order valence-corrected chi connectivity index (χ0v) is 9.32. The summed E-state index contributed by atoms with van der Waals surface area (Å²) in [4.78, 5) is 21.9. The molecule has 8 heteroatoms. The van der Waals surface area contributed by atoms with E-state index in [2.05, 4.69) is 0 Å². The highest BCUT2D eigenvalue weighted by Gasteiger charge is 2.50. The summed E-state index contributed by atoms with van der Waals surface area (Å²) >= 11 is 0. The number of carboxylic acid groups (broad SMARTS) is 1. The van der Waals surface area contributed by atoms with Crippen LogP contribution in [0.4, 0.5) is 17.6 Å². The maximum absolute atomic E-state index is 12.7. The summed E-state index contributed by atoms with van der Waals surface area (Å²) in [7, 11) is 0. The SMILES string of the molecule is O=C(O)[C@H](NC(=O)C(F)(F)C(F)F)c1ccccc1. The Kier molecular flexibility index (Phi) is 4.47. The van der Waals surface area contributed by atoms with Crippen molar-refractivity contribution in [3.8, 4) is 0 Å². The Balaban J connectivity index is 2.93. The second-order valence-corrected chi connectivity index (χ2v) is 3.58. The Hall–Kier alpha value is -2.12. The Bertz CT molecular complexity index is 464. The van der Waals surface area contributed by atoms with E-state index < -0.39 is 30.3 Å². The van der Waals surface area contributed by atoms with Gasteiger partial charge in [0.1, 0.15) is 0 Å². The van der Waals surface area contributed by atoms with Gasteiger partial charge in [-0.05, 0) is 5.56 Å². The number of carbonyl (C=O) groups excluding carboxylic acids is 1. The molecule has 1 amide bonds. The van der Waals surface area contributed by atoms with Crippen molar-refractivity contribution in [3.63, 3.8) is 0 Å². The van der Waals surface area contributed by atoms with Gasteiger partial charge in [-0.3, -0.25) is 4.79 Å². The molecule has 0 unspecified atom stereocenters. The zero-order valence-electron chi connectivity index (χ0n) is 9.32. The predicted molar refractivity (Wildman–Crippen MR) is 55.9 cm³/mol. The number of hydrogen-bond donors (Lipinski definition) is 2. The first kappa shape index (κ1) is 14.9. The van der Waals surface area contributed by atoms with Crippen LogP contribution in [-0.2, 0) is 9.59 Å². The summed E-state index contributed by atoms with van der Waals surface area (Å²) in [5.41, 5.74) is -0.00610. The van der Waals surface area contributed by atoms with Crippen molar-refractivity contribution >= 4 is 11.9 Å². The molecule has 1 aromatic carbocycles. The molecule has 0 fully saturated rings. The fourth-order valence-corrected chi connectivity index (χ4v) is 1.26. The number of halogens is 4. The molecule has 0 aliphatic rings. The van der Waals surface area contributed by atoms with Crippen molar-refractivity contribution in [2.45, 2.75) is 18.4 Å². The Labute approximate surface area is 105 Å². The molecule has 0 aliphatic carbocycles. The lowest BCUT2D eigenvalue weighted by molar-refractivity contribution is -0.171. The molecule has 0 radical (unpaired) electrons. The average Bonchev–Trinajstić information content (AvgIpc) is 2.35. The van der Waals surface area contributed by atoms with Crippen molar-refractivity contribution < 1.29 is 32.3 Å². The summed E-state index contributed by atoms with van der Waals surface area (Å²) in [6.07, 6.45) is -4.21. The van der Waals surface area contributed by atoms with Crippen molar-refractivity contribution in [3.05, 3.63) is 35.9 Å². The number of carbonyl (C=O) groups is 2. The molecule has 2 N–H and O–H groups in total. The molecule has 0 spiro atoms. The van der Waals surface area contributed by atoms with Gasteiger partial charge in [-0.1, -0.05) is 30.3 Å². The van der Waals surface area contributed by atoms with Crippen LogP contribution in [-0.4, -0.2) is 29.3 Å². The van der Waals surface area contributed by atoms with Crippen molar-refractivity contribution in [2.24, 2.45) is 0 Å². The summed E-state index contributed by atoms with van der Waals surface area (Å²) in [5.74, 6) is -8.91. The van der Waals surface area contributed by atoms with Gasteiger partial charge < -0.3 is 10.4 Å². The number of aliphatic carboxylic acids is 1. The van der Waals surface area contributed by atoms with Gasteiger partial charge in [0.15, 0.2) is 6.04 Å². The van der Waals surface area contributed by atoms with E-state index in [-0.39, 0.29) is 5.56 Å². The van der Waals surface area contributed by atoms with Gasteiger partial charge in [-0.2, -0.15) is 8.78 Å². The van der Waals surface area contributed by atoms with Gasteiger partial charge in [0.05, 0.1) is 0 Å². The monoisotopic (exact) mass is 279 g/mol. The molecule has 1 atom stereocenters. The number of nitrogens with one attached hydrogen (secondary N) is 1. The largest absolute Gasteiger partial charge is 0.479 e. The second-order valence-electron chi connectivity index (χ2n) is 3.58. The van der Waals surface area contributed by atoms with Crippen LogP contribution in [0.15, 0.2) is 30.3 Å². The number of benzene rings is 1. The van der Waals surface area contributed by atoms with Gasteiger partial charge >= 0.3 is 18.3 Å². The number of carboxylic acids is 1. The van der Waals surface area contributed by atoms with E-state index >= 15 is 0 Å². The summed E-state index contributed by atoms with van der Waals surface area (Å²) in [6, 6.07) is 5.08. The summed E-state index contributed by atoms with van der Waals surface area (Å²) in [5, 5.41) is 10.2. The fourth-order valence-electron chi connectivity index (χ4n) is 1.26. The number of alkyl halides is 4. The number of hydrogen-bond acceptors (Lipinski definition) is 2. The summed E-state index contributed by atoms with van der Waals surface area (Å²) < 4.78 is 49.4. The normalized spacial score (nSPS) is 13.1. The maximum Gasteiger partial charge on any atom is 0.383 e. The van der Waals surface area contributed by atoms with Crippen LogP contribution < -0.4 is 5.32 Å². The molecule has 0 saturated carbocycles. The van der Waals surface area contributed by atoms with Gasteiger partial charge in [0, 0.05) is 0 Å². The molecule has 0 aliphatic heterocycles. The fraction of sp³-hybridized carbons (Fsp3) is 0.273. The number of rotatable bonds is 5. The quantitative estimate of drug-likeness (QED) is 0.808. The van der Waals surface area contributed by atoms with E-state index in [4.69, 9.17) is 5.11 Å². The molecule has 0 saturated heterocycles. The van der Waals surface area contributed by atoms with Gasteiger partial charge in [-0.15, -0.1) is 0 Å². The lowest BCUT2D eigenvalue weighted by Gasteiger charge is -2.19. The predicted octanol–water partition coefficient (Wildman–Crippen LogP) is 1.83. The van der Waals surface area contributed by atoms with E-state index in [1.807, 2.05) is 0 Å². The highest BCUT2D eigenvalue weighted by Crippen LogP contribution is 2.24. The summed E-state index contributed by atoms with van der Waals surface area (Å²) in [6.45, 7) is 0. The minimum Gasteiger partial charge on any atom is -0.479 e. The van der Waals surface area contributed by atoms with Crippen molar-refractivity contribution in [2.75, 3.05) is 0 Å². The molecule has 1 rings (SSSR count). The molecule has 104 valence electrons. The average molecular weight is 279 g/mol. The first-order chi connectivity index (χ1) is 8.76. The highest BCUT2D eigenvalue weighted by atomic mass is 19.3. The Morgan fingerprint density at radius 1 is 1.16 bits per heavy atom. The van der Waals surface area contributed by atoms with E-state index in [1.54, 1.807) is 0 Å². The van der Waals surface area contributed by atoms with Crippen LogP contribution in [0.2, 0.25) is 0 Å². The zero-order chi connectivity index (χ0) is 14.6. The van der Waals surface area contributed by atoms with Crippen LogP contribution in [0.3, 0.4) is 0 Å². The van der Waals surface area contributed by atoms with E-state index in [9.17, 15) is 27.2 Å². The van der Waals surface area contributed by atoms with Crippen LogP contribution in [0, 0.1) is 0 Å². The van der Waals surface area contributed by atoms with Gasteiger partial charge in [-0.25, -0.2) is 13.6 Å². The smallest absolute Gasteiger partial charge is 0.383 e. The third-order valence-electron chi connectivity index (χ3n) is 2.23. The van der Waals surface area contributed by atoms with E-state index in [0.29, 0.717) is 0 Å². The Morgan fingerprint density at radius 2 is 1.68 bits per heavy atom. The highest BCUT2D eigenvalue weighted by molar-refractivity contribution is 5.89. The molecule has 0 heterocycles. The van der Waals surface area contributed by atoms with Crippen LogP contribution >= 0.6 is 0 Å². The Morgan fingerprint density at radius 3 is 2.11 bits per heavy atom. The molecular formula is C11H9F4NO3. The van der Waals surface area contributed by atoms with Crippen LogP contribution in [0.5, 0.6) is 0 Å². The topological polar surface area (TPSA) is 66.4 Å². The van der Waals surface area contributed by atoms with Crippen LogP contribution in [0.25, 0.3) is 0 Å². The van der Waals surface area contributed by atoms with Crippen molar-refractivity contribution in [1.29, 1.82) is 0 Å². The lowest BCUT2D eigenvalue weighted by Crippen LogP contribution is -2.48. The van der Waals surface area contributed by atoms with Crippen LogP contribution in [0.1, 0.15) is 11.6 Å². The van der Waals surface area contributed by atoms with Gasteiger partial charge in [0.25, 0.3) is 5.91 Å². The molecule has 0 aromatic heterocycles. The van der Waals surface area contributed by atoms with E-state index in [0.717, 1.165) is 0 Å². The molecule has 4 nitrogen and oxygen atoms in total. The standard InChI is InChI=1S/C11H9F4NO3/c12-9(13)11(14,15)10(19)16-7(8(17)18)6-4-2-1-3-5-6/h1-5,7,9H,(H,16,19)(H,17,18)/t7-/m1/s1. The maximum atomic E-state index is 12.7. The first-order valence-corrected chi connectivity index (χ1v) is 5.01. The third kappa shape index (κ3) is 3.43. The molecule has 0 bridgehead atoms. The number of amides is 1. The van der Waals surface area contributed by atoms with E-state index in [1.165, 1.54) is 35.6 Å². The molecule has 19 heavy (non-hydrogen) atoms. The molecular weight excluding hydrogens is 270 g/mol. The minimum atomic E-state index is -4.94. The first-order valence-electron chi connectivity index (χ1n) is 5.01. The molecule has 1 aromatic rings. The van der Waals surface area contributed by atoms with Gasteiger partial charge in [0.2, 0.25) is 0 Å². The minimum absolute atomic E-state index is 0.00610. The third-order valence-corrected chi connectivity index (χ3v) is 2.23. The second kappa shape index (κ2) is 5.68. The van der Waals surface area contributed by atoms with Crippen molar-refractivity contribution in [1.82, 2.24) is 5.32 Å². The lowest BCUT2D eigenvalue weighted by atomic mass is 10.1.